The van der Waals surface area contributed by atoms with Crippen LogP contribution in [0.4, 0.5) is 0 Å². The second kappa shape index (κ2) is 8.28. The lowest BCUT2D eigenvalue weighted by Gasteiger charge is -2.10. The molecule has 1 aromatic carbocycles. The third-order valence-corrected chi connectivity index (χ3v) is 4.15. The molecule has 0 atom stereocenters. The van der Waals surface area contributed by atoms with Crippen molar-refractivity contribution in [3.05, 3.63) is 29.8 Å². The van der Waals surface area contributed by atoms with Crippen molar-refractivity contribution in [3.63, 3.8) is 0 Å². The molecule has 0 aromatic heterocycles. The molecular weight excluding hydrogens is 300 g/mol. The van der Waals surface area contributed by atoms with E-state index in [1.165, 1.54) is 6.07 Å². The van der Waals surface area contributed by atoms with Crippen LogP contribution in [0.15, 0.2) is 29.2 Å². The van der Waals surface area contributed by atoms with Gasteiger partial charge in [-0.3, -0.25) is 0 Å². The number of nitrogens with two attached hydrogens (primary N) is 1. The Morgan fingerprint density at radius 3 is 2.65 bits per heavy atom. The summed E-state index contributed by atoms with van der Waals surface area (Å²) < 4.78 is 36.7. The lowest BCUT2D eigenvalue weighted by Crippen LogP contribution is -2.29. The van der Waals surface area contributed by atoms with E-state index in [1.807, 2.05) is 0 Å². The van der Waals surface area contributed by atoms with Gasteiger partial charge in [0.2, 0.25) is 10.0 Å². The predicted octanol–water partition coefficient (Wildman–Crippen LogP) is 0.262. The number of ether oxygens (including phenoxy) is 2. The van der Waals surface area contributed by atoms with Crippen LogP contribution in [0.1, 0.15) is 5.56 Å². The van der Waals surface area contributed by atoms with Crippen LogP contribution in [-0.2, 0) is 19.5 Å². The minimum absolute atomic E-state index is 0.0438. The molecule has 0 unspecified atom stereocenters. The lowest BCUT2D eigenvalue weighted by atomic mass is 10.2. The number of methoxy groups -OCH3 is 1. The van der Waals surface area contributed by atoms with Gasteiger partial charge >= 0.3 is 0 Å². The van der Waals surface area contributed by atoms with Crippen LogP contribution in [0.2, 0.25) is 0 Å². The molecule has 0 fully saturated rings. The molecular formula is C12H18N2O4S2. The molecule has 0 amide bonds. The lowest BCUT2D eigenvalue weighted by molar-refractivity contribution is 0.0736. The minimum atomic E-state index is -3.66. The highest BCUT2D eigenvalue weighted by Crippen LogP contribution is 2.14. The molecule has 0 aliphatic carbocycles. The molecule has 0 aliphatic rings. The summed E-state index contributed by atoms with van der Waals surface area (Å²) in [5, 5.41) is 0. The largest absolute Gasteiger partial charge is 0.389 e. The summed E-state index contributed by atoms with van der Waals surface area (Å²) in [7, 11) is -2.09. The molecule has 1 aromatic rings. The Morgan fingerprint density at radius 1 is 1.30 bits per heavy atom. The molecule has 0 radical (unpaired) electrons. The third-order valence-electron chi connectivity index (χ3n) is 2.41. The van der Waals surface area contributed by atoms with Gasteiger partial charge in [0.1, 0.15) is 4.99 Å². The van der Waals surface area contributed by atoms with E-state index in [0.29, 0.717) is 18.8 Å². The molecule has 3 N–H and O–H groups in total. The zero-order valence-corrected chi connectivity index (χ0v) is 12.8. The summed E-state index contributed by atoms with van der Waals surface area (Å²) in [6, 6.07) is 6.33. The standard InChI is InChI=1S/C12H18N2O4S2/c1-17-8-9-18-7-6-14-20(15,16)11-5-3-2-4-10(11)12(13)19/h2-5,14H,6-9H2,1H3,(H2,13,19). The van der Waals surface area contributed by atoms with E-state index in [1.54, 1.807) is 25.3 Å². The summed E-state index contributed by atoms with van der Waals surface area (Å²) in [5.41, 5.74) is 5.85. The molecule has 0 heterocycles. The molecule has 0 spiro atoms. The highest BCUT2D eigenvalue weighted by atomic mass is 32.2. The zero-order valence-electron chi connectivity index (χ0n) is 11.2. The molecule has 6 nitrogen and oxygen atoms in total. The van der Waals surface area contributed by atoms with Crippen molar-refractivity contribution >= 4 is 27.2 Å². The smallest absolute Gasteiger partial charge is 0.241 e. The predicted molar refractivity (Wildman–Crippen MR) is 80.2 cm³/mol. The van der Waals surface area contributed by atoms with E-state index in [9.17, 15) is 8.42 Å². The first-order valence-corrected chi connectivity index (χ1v) is 7.83. The van der Waals surface area contributed by atoms with Crippen LogP contribution in [-0.4, -0.2) is 46.9 Å². The van der Waals surface area contributed by atoms with E-state index < -0.39 is 10.0 Å². The van der Waals surface area contributed by atoms with Gasteiger partial charge in [0.05, 0.1) is 24.7 Å². The Bertz CT molecular complexity index is 546. The van der Waals surface area contributed by atoms with Crippen molar-refractivity contribution in [3.8, 4) is 0 Å². The summed E-state index contributed by atoms with van der Waals surface area (Å²) in [4.78, 5) is 0.117. The van der Waals surface area contributed by atoms with Crippen molar-refractivity contribution in [1.82, 2.24) is 4.72 Å². The first kappa shape index (κ1) is 17.0. The molecule has 112 valence electrons. The Kier molecular flexibility index (Phi) is 7.03. The van der Waals surface area contributed by atoms with Crippen molar-refractivity contribution in [1.29, 1.82) is 0 Å². The van der Waals surface area contributed by atoms with Gasteiger partial charge in [-0.15, -0.1) is 0 Å². The number of hydrogen-bond acceptors (Lipinski definition) is 5. The normalized spacial score (nSPS) is 11.4. The van der Waals surface area contributed by atoms with Crippen LogP contribution in [0, 0.1) is 0 Å². The van der Waals surface area contributed by atoms with Gasteiger partial charge in [0, 0.05) is 19.2 Å². The molecule has 0 aliphatic heterocycles. The first-order chi connectivity index (χ1) is 9.49. The topological polar surface area (TPSA) is 90.6 Å². The molecule has 0 saturated heterocycles. The summed E-state index contributed by atoms with van der Waals surface area (Å²) in [5.74, 6) is 0. The second-order valence-electron chi connectivity index (χ2n) is 3.86. The average molecular weight is 318 g/mol. The van der Waals surface area contributed by atoms with Gasteiger partial charge in [-0.2, -0.15) is 0 Å². The number of sulfonamides is 1. The van der Waals surface area contributed by atoms with E-state index in [4.69, 9.17) is 27.4 Å². The van der Waals surface area contributed by atoms with E-state index in [0.717, 1.165) is 0 Å². The Labute approximate surface area is 124 Å². The first-order valence-electron chi connectivity index (χ1n) is 5.94. The molecule has 1 rings (SSSR count). The van der Waals surface area contributed by atoms with E-state index >= 15 is 0 Å². The maximum atomic E-state index is 12.1. The monoisotopic (exact) mass is 318 g/mol. The summed E-state index contributed by atoms with van der Waals surface area (Å²) >= 11 is 4.85. The van der Waals surface area contributed by atoms with E-state index in [2.05, 4.69) is 4.72 Å². The van der Waals surface area contributed by atoms with Crippen LogP contribution in [0.25, 0.3) is 0 Å². The number of rotatable bonds is 9. The number of benzene rings is 1. The van der Waals surface area contributed by atoms with Crippen LogP contribution >= 0.6 is 12.2 Å². The maximum absolute atomic E-state index is 12.1. The van der Waals surface area contributed by atoms with Crippen molar-refractivity contribution in [2.45, 2.75) is 4.90 Å². The van der Waals surface area contributed by atoms with Gasteiger partial charge in [-0.1, -0.05) is 30.4 Å². The number of thiocarbonyl (C=S) groups is 1. The summed E-state index contributed by atoms with van der Waals surface area (Å²) in [6.45, 7) is 1.31. The van der Waals surface area contributed by atoms with Gasteiger partial charge in [-0.05, 0) is 6.07 Å². The van der Waals surface area contributed by atoms with Crippen molar-refractivity contribution in [2.75, 3.05) is 33.5 Å². The Morgan fingerprint density at radius 2 is 2.00 bits per heavy atom. The Hall–Kier alpha value is -1.06. The van der Waals surface area contributed by atoms with Crippen LogP contribution < -0.4 is 10.5 Å². The Balaban J connectivity index is 2.63. The van der Waals surface area contributed by atoms with Crippen LogP contribution in [0.3, 0.4) is 0 Å². The molecule has 8 heteroatoms. The quantitative estimate of drug-likeness (QED) is 0.501. The zero-order chi connectivity index (χ0) is 15.0. The van der Waals surface area contributed by atoms with Crippen molar-refractivity contribution < 1.29 is 17.9 Å². The minimum Gasteiger partial charge on any atom is -0.389 e. The van der Waals surface area contributed by atoms with Gasteiger partial charge in [0.15, 0.2) is 0 Å². The molecule has 20 heavy (non-hydrogen) atoms. The fraction of sp³-hybridized carbons (Fsp3) is 0.417. The number of hydrogen-bond donors (Lipinski definition) is 2. The van der Waals surface area contributed by atoms with Gasteiger partial charge in [-0.25, -0.2) is 13.1 Å². The summed E-state index contributed by atoms with van der Waals surface area (Å²) in [6.07, 6.45) is 0. The SMILES string of the molecule is COCCOCCNS(=O)(=O)c1ccccc1C(N)=S. The second-order valence-corrected chi connectivity index (χ2v) is 6.04. The molecule has 0 saturated carbocycles. The highest BCUT2D eigenvalue weighted by Gasteiger charge is 2.18. The maximum Gasteiger partial charge on any atom is 0.241 e. The number of nitrogens with one attached hydrogen (secondary N) is 1. The van der Waals surface area contributed by atoms with E-state index in [-0.39, 0.29) is 23.0 Å². The average Bonchev–Trinajstić information content (AvgIpc) is 2.42. The fourth-order valence-electron chi connectivity index (χ4n) is 1.47. The fourth-order valence-corrected chi connectivity index (χ4v) is 2.95. The van der Waals surface area contributed by atoms with Crippen molar-refractivity contribution in [2.24, 2.45) is 5.73 Å². The van der Waals surface area contributed by atoms with Gasteiger partial charge < -0.3 is 15.2 Å². The third kappa shape index (κ3) is 5.14. The van der Waals surface area contributed by atoms with Gasteiger partial charge in [0.25, 0.3) is 0 Å². The highest BCUT2D eigenvalue weighted by molar-refractivity contribution is 7.89. The molecule has 0 bridgehead atoms. The van der Waals surface area contributed by atoms with Crippen LogP contribution in [0.5, 0.6) is 0 Å².